The molecule has 0 bridgehead atoms. The SMILES string of the molecule is COC(=O)CBr.Cl.Clc1ccc2nc(Cl)nc(-c3ccc(N4CCCCC4)cc3)c2c1.O=COCCN1CCN(c2ccc(-c3nc(Cl)nc4ccc(Cl)cc34)cc2)CC1.O=CO[O-].[H-].[K+].[K+]. The molecule has 14 nitrogen and oxygen atoms in total. The van der Waals surface area contributed by atoms with Crippen molar-refractivity contribution >= 4 is 127 Å². The Bertz CT molecular complexity index is 2440. The maximum absolute atomic E-state index is 10.3. The number of halogens is 6. The molecule has 342 valence electrons. The van der Waals surface area contributed by atoms with Crippen molar-refractivity contribution in [2.24, 2.45) is 0 Å². The average Bonchev–Trinajstić information content (AvgIpc) is 3.32. The van der Waals surface area contributed by atoms with Crippen LogP contribution in [0, 0.1) is 0 Å². The predicted octanol–water partition coefficient (Wildman–Crippen LogP) is 3.02. The second kappa shape index (κ2) is 32.6. The molecule has 0 amide bonds. The van der Waals surface area contributed by atoms with E-state index in [0.29, 0.717) is 23.1 Å². The Morgan fingerprint density at radius 1 is 0.682 bits per heavy atom. The minimum atomic E-state index is -0.241. The topological polar surface area (TPSA) is 163 Å². The van der Waals surface area contributed by atoms with Gasteiger partial charge in [-0.25, -0.2) is 19.9 Å². The smallest absolute Gasteiger partial charge is 1.00 e. The number of piperidine rings is 1. The number of aromatic nitrogens is 4. The normalized spacial score (nSPS) is 13.0. The summed E-state index contributed by atoms with van der Waals surface area (Å²) in [6, 6.07) is 27.9. The maximum Gasteiger partial charge on any atom is 1.00 e. The number of carbonyl (C=O) groups excluding carboxylic acids is 3. The van der Waals surface area contributed by atoms with Crippen LogP contribution in [0.15, 0.2) is 84.9 Å². The largest absolute Gasteiger partial charge is 1.00 e. The molecule has 66 heavy (non-hydrogen) atoms. The van der Waals surface area contributed by atoms with Crippen LogP contribution in [-0.4, -0.2) is 109 Å². The summed E-state index contributed by atoms with van der Waals surface area (Å²) in [4.78, 5) is 55.9. The monoisotopic (exact) mass is 1120 g/mol. The molecule has 2 aliphatic rings. The molecular weight excluding hydrogens is 1070 g/mol. The van der Waals surface area contributed by atoms with E-state index in [1.807, 2.05) is 30.3 Å². The molecule has 0 radical (unpaired) electrons. The van der Waals surface area contributed by atoms with E-state index in [2.05, 4.69) is 109 Å². The number of benzene rings is 4. The van der Waals surface area contributed by atoms with Crippen LogP contribution in [0.2, 0.25) is 20.6 Å². The zero-order valence-corrected chi connectivity index (χ0v) is 48.2. The van der Waals surface area contributed by atoms with Crippen LogP contribution in [0.25, 0.3) is 44.3 Å². The van der Waals surface area contributed by atoms with Crippen LogP contribution in [0.4, 0.5) is 11.4 Å². The molecule has 22 heteroatoms. The Kier molecular flexibility index (Phi) is 30.0. The van der Waals surface area contributed by atoms with E-state index in [1.54, 1.807) is 6.07 Å². The molecule has 0 N–H and O–H groups in total. The van der Waals surface area contributed by atoms with E-state index in [1.165, 1.54) is 37.7 Å². The zero-order valence-electron chi connectivity index (χ0n) is 37.5. The number of alkyl halides is 1. The number of ether oxygens (including phenoxy) is 2. The first-order valence-electron chi connectivity index (χ1n) is 19.7. The molecule has 0 spiro atoms. The second-order valence-electron chi connectivity index (χ2n) is 13.8. The first kappa shape index (κ1) is 60.8. The Balaban J connectivity index is 0.000000536. The molecule has 4 aromatic carbocycles. The van der Waals surface area contributed by atoms with Crippen molar-refractivity contribution in [3.05, 3.63) is 106 Å². The molecule has 2 fully saturated rings. The number of esters is 1. The Morgan fingerprint density at radius 2 is 1.12 bits per heavy atom. The number of rotatable bonds is 10. The van der Waals surface area contributed by atoms with Crippen LogP contribution in [0.5, 0.6) is 0 Å². The van der Waals surface area contributed by atoms with Crippen molar-refractivity contribution in [3.63, 3.8) is 0 Å². The minimum Gasteiger partial charge on any atom is -1.00 e. The van der Waals surface area contributed by atoms with Gasteiger partial charge in [-0.05, 0) is 103 Å². The number of piperazine rings is 1. The van der Waals surface area contributed by atoms with Gasteiger partial charge < -0.3 is 30.8 Å². The van der Waals surface area contributed by atoms with Gasteiger partial charge >= 0.3 is 109 Å². The molecule has 0 aliphatic carbocycles. The number of hydrogen-bond acceptors (Lipinski definition) is 14. The third-order valence-corrected chi connectivity index (χ3v) is 11.2. The van der Waals surface area contributed by atoms with E-state index in [4.69, 9.17) is 61.2 Å². The summed E-state index contributed by atoms with van der Waals surface area (Å²) in [6.07, 6.45) is 3.87. The number of hydrogen-bond donors (Lipinski definition) is 0. The predicted molar refractivity (Wildman–Crippen MR) is 258 cm³/mol. The van der Waals surface area contributed by atoms with Crippen LogP contribution >= 0.6 is 74.7 Å². The molecular formula is C44H45BrCl5K2N7O7. The number of fused-ring (bicyclic) bond motifs is 2. The van der Waals surface area contributed by atoms with Gasteiger partial charge in [0.05, 0.1) is 29.5 Å². The van der Waals surface area contributed by atoms with Gasteiger partial charge in [0.25, 0.3) is 12.9 Å². The molecule has 2 aromatic heterocycles. The van der Waals surface area contributed by atoms with Gasteiger partial charge in [-0.1, -0.05) is 63.4 Å². The van der Waals surface area contributed by atoms with Gasteiger partial charge in [-0.3, -0.25) is 19.3 Å². The summed E-state index contributed by atoms with van der Waals surface area (Å²) in [5.41, 5.74) is 7.58. The maximum atomic E-state index is 10.3. The summed E-state index contributed by atoms with van der Waals surface area (Å²) < 4.78 is 9.00. The number of anilines is 2. The van der Waals surface area contributed by atoms with Gasteiger partial charge in [-0.15, -0.1) is 12.4 Å². The fraction of sp³-hybridized carbons (Fsp3) is 0.295. The third-order valence-electron chi connectivity index (χ3n) is 9.97. The van der Waals surface area contributed by atoms with Crippen molar-refractivity contribution in [1.29, 1.82) is 0 Å². The van der Waals surface area contributed by atoms with E-state index >= 15 is 0 Å². The summed E-state index contributed by atoms with van der Waals surface area (Å²) in [5.74, 6) is -0.241. The van der Waals surface area contributed by atoms with E-state index in [-0.39, 0.29) is 145 Å². The van der Waals surface area contributed by atoms with Gasteiger partial charge in [0.1, 0.15) is 11.9 Å². The number of carbonyl (C=O) groups is 3. The molecule has 4 heterocycles. The average molecular weight is 1120 g/mol. The van der Waals surface area contributed by atoms with Crippen molar-refractivity contribution in [2.45, 2.75) is 19.3 Å². The molecule has 0 unspecified atom stereocenters. The van der Waals surface area contributed by atoms with E-state index in [0.717, 1.165) is 90.1 Å². The minimum absolute atomic E-state index is 0. The van der Waals surface area contributed by atoms with Crippen LogP contribution in [-0.2, 0) is 28.7 Å². The Hall–Kier alpha value is -1.31. The van der Waals surface area contributed by atoms with Gasteiger partial charge in [0, 0.05) is 89.1 Å². The summed E-state index contributed by atoms with van der Waals surface area (Å²) >= 11 is 27.5. The zero-order chi connectivity index (χ0) is 45.1. The van der Waals surface area contributed by atoms with Crippen molar-refractivity contribution < 1.29 is 138 Å². The number of nitrogens with zero attached hydrogens (tertiary/aromatic N) is 7. The fourth-order valence-corrected chi connectivity index (χ4v) is 7.84. The van der Waals surface area contributed by atoms with Crippen LogP contribution in [0.1, 0.15) is 20.7 Å². The Morgan fingerprint density at radius 3 is 1.50 bits per heavy atom. The second-order valence-corrected chi connectivity index (χ2v) is 16.0. The van der Waals surface area contributed by atoms with E-state index in [9.17, 15) is 9.59 Å². The molecule has 8 rings (SSSR count). The molecule has 0 atom stereocenters. The quantitative estimate of drug-likeness (QED) is 0.0288. The van der Waals surface area contributed by atoms with Crippen LogP contribution < -0.4 is 118 Å². The molecule has 6 aromatic rings. The van der Waals surface area contributed by atoms with Crippen LogP contribution in [0.3, 0.4) is 0 Å². The summed E-state index contributed by atoms with van der Waals surface area (Å²) in [7, 11) is 1.35. The molecule has 0 saturated carbocycles. The van der Waals surface area contributed by atoms with E-state index < -0.39 is 0 Å². The van der Waals surface area contributed by atoms with Gasteiger partial charge in [-0.2, -0.15) is 0 Å². The van der Waals surface area contributed by atoms with Crippen molar-refractivity contribution in [1.82, 2.24) is 24.8 Å². The number of methoxy groups -OCH3 is 1. The Labute approximate surface area is 504 Å². The molecule has 2 saturated heterocycles. The van der Waals surface area contributed by atoms with Gasteiger partial charge in [0.15, 0.2) is 0 Å². The molecule has 2 aliphatic heterocycles. The standard InChI is InChI=1S/C21H20Cl2N4O2.C19H17Cl2N3.C3H5BrO2.CH2O3.ClH.2K.H/c22-16-3-6-19-18(13-16)20(25-21(23)24-19)15-1-4-17(5-2-15)27-9-7-26(8-10-27)11-12-29-14-28;20-14-6-9-17-16(12-14)18(23-19(21)22-17)13-4-7-15(8-5-13)24-10-2-1-3-11-24;1-6-3(5)2-4;2-1-4-3;;;;/h1-6,13-14H,7-12H2;4-9,12H,1-3,10-11H2;2H2,1H3;1,3H;1H;;;/q;;;;;2*+1;-1/p-1. The first-order chi connectivity index (χ1) is 30.6. The van der Waals surface area contributed by atoms with Gasteiger partial charge in [0.2, 0.25) is 10.6 Å². The van der Waals surface area contributed by atoms with Crippen molar-refractivity contribution in [3.8, 4) is 22.5 Å². The summed E-state index contributed by atoms with van der Waals surface area (Å²) in [5, 5.41) is 12.3. The fourth-order valence-electron chi connectivity index (χ4n) is 6.91. The summed E-state index contributed by atoms with van der Waals surface area (Å²) in [6.45, 7) is 7.54. The third kappa shape index (κ3) is 18.8. The first-order valence-corrected chi connectivity index (χ1v) is 22.3. The van der Waals surface area contributed by atoms with Crippen molar-refractivity contribution in [2.75, 3.05) is 74.7 Å².